The normalized spacial score (nSPS) is 11.2. The lowest BCUT2D eigenvalue weighted by atomic mass is 10.1. The first-order valence-electron chi connectivity index (χ1n) is 7.56. The maximum absolute atomic E-state index is 12.7. The van der Waals surface area contributed by atoms with Gasteiger partial charge in [0.1, 0.15) is 12.2 Å². The molecule has 0 aliphatic rings. The topological polar surface area (TPSA) is 73.2 Å². The highest BCUT2D eigenvalue weighted by molar-refractivity contribution is 7.13. The number of amides is 1. The summed E-state index contributed by atoms with van der Waals surface area (Å²) in [4.78, 5) is 33.7. The Morgan fingerprint density at radius 1 is 1.26 bits per heavy atom. The minimum atomic E-state index is -4.47. The van der Waals surface area contributed by atoms with Crippen molar-refractivity contribution in [3.8, 4) is 0 Å². The molecule has 1 aromatic carbocycles. The molecule has 27 heavy (non-hydrogen) atoms. The number of halogens is 3. The molecule has 0 saturated carbocycles. The van der Waals surface area contributed by atoms with Gasteiger partial charge in [-0.05, 0) is 29.8 Å². The van der Waals surface area contributed by atoms with Crippen LogP contribution in [-0.4, -0.2) is 15.6 Å². The summed E-state index contributed by atoms with van der Waals surface area (Å²) >= 11 is 1.19. The quantitative estimate of drug-likeness (QED) is 0.720. The van der Waals surface area contributed by atoms with Crippen LogP contribution in [0, 0.1) is 0 Å². The van der Waals surface area contributed by atoms with Crippen molar-refractivity contribution >= 4 is 22.4 Å². The number of hydrogen-bond acceptors (Lipinski definition) is 5. The minimum absolute atomic E-state index is 0.184. The molecular formula is C17H12F3N3O3S. The van der Waals surface area contributed by atoms with E-state index in [4.69, 9.17) is 4.84 Å². The molecule has 0 unspecified atom stereocenters. The molecule has 0 aliphatic carbocycles. The van der Waals surface area contributed by atoms with E-state index in [-0.39, 0.29) is 17.7 Å². The van der Waals surface area contributed by atoms with Gasteiger partial charge in [0.05, 0.1) is 5.56 Å². The lowest BCUT2D eigenvalue weighted by molar-refractivity contribution is -0.137. The number of carbonyl (C=O) groups excluding carboxylic acids is 1. The molecule has 10 heteroatoms. The number of pyridine rings is 1. The van der Waals surface area contributed by atoms with E-state index in [0.717, 1.165) is 16.9 Å². The summed E-state index contributed by atoms with van der Waals surface area (Å²) in [5, 5.41) is 4.48. The van der Waals surface area contributed by atoms with Gasteiger partial charge in [0.15, 0.2) is 5.13 Å². The number of aromatic nitrogens is 2. The largest absolute Gasteiger partial charge is 0.416 e. The number of rotatable bonds is 5. The van der Waals surface area contributed by atoms with Crippen molar-refractivity contribution in [3.63, 3.8) is 0 Å². The van der Waals surface area contributed by atoms with Crippen LogP contribution in [-0.2, 0) is 12.8 Å². The molecule has 0 fully saturated rings. The Labute approximate surface area is 154 Å². The van der Waals surface area contributed by atoms with E-state index >= 15 is 0 Å². The van der Waals surface area contributed by atoms with Crippen LogP contribution in [0.3, 0.4) is 0 Å². The van der Waals surface area contributed by atoms with Crippen molar-refractivity contribution in [3.05, 3.63) is 81.2 Å². The lowest BCUT2D eigenvalue weighted by Gasteiger charge is -2.11. The molecule has 0 radical (unpaired) electrons. The van der Waals surface area contributed by atoms with Crippen LogP contribution in [0.1, 0.15) is 21.5 Å². The summed E-state index contributed by atoms with van der Waals surface area (Å²) in [7, 11) is 0. The van der Waals surface area contributed by atoms with Gasteiger partial charge < -0.3 is 4.84 Å². The maximum atomic E-state index is 12.7. The molecule has 0 aliphatic heterocycles. The van der Waals surface area contributed by atoms with E-state index in [2.05, 4.69) is 10.3 Å². The third kappa shape index (κ3) is 4.53. The van der Waals surface area contributed by atoms with E-state index in [9.17, 15) is 22.8 Å². The van der Waals surface area contributed by atoms with Crippen LogP contribution < -0.4 is 15.7 Å². The fraction of sp³-hybridized carbons (Fsp3) is 0.118. The van der Waals surface area contributed by atoms with Crippen molar-refractivity contribution < 1.29 is 22.8 Å². The third-order valence-electron chi connectivity index (χ3n) is 3.44. The van der Waals surface area contributed by atoms with Crippen LogP contribution in [0.2, 0.25) is 0 Å². The zero-order valence-electron chi connectivity index (χ0n) is 13.6. The van der Waals surface area contributed by atoms with Gasteiger partial charge in [-0.25, -0.2) is 4.98 Å². The summed E-state index contributed by atoms with van der Waals surface area (Å²) < 4.78 is 39.0. The summed E-state index contributed by atoms with van der Waals surface area (Å²) in [6, 6.07) is 7.31. The van der Waals surface area contributed by atoms with Crippen molar-refractivity contribution in [1.29, 1.82) is 0 Å². The first kappa shape index (κ1) is 18.6. The number of alkyl halides is 3. The number of hydrogen-bond donors (Lipinski definition) is 1. The highest BCUT2D eigenvalue weighted by atomic mass is 32.1. The molecule has 0 bridgehead atoms. The number of carbonyl (C=O) groups is 1. The predicted molar refractivity (Wildman–Crippen MR) is 92.5 cm³/mol. The maximum Gasteiger partial charge on any atom is 0.416 e. The Hall–Kier alpha value is -3.14. The number of nitrogens with one attached hydrogen (secondary N) is 1. The third-order valence-corrected chi connectivity index (χ3v) is 4.13. The summed E-state index contributed by atoms with van der Waals surface area (Å²) in [6.45, 7) is -0.276. The second-order valence-corrected chi connectivity index (χ2v) is 6.21. The molecular weight excluding hydrogens is 383 g/mol. The van der Waals surface area contributed by atoms with Gasteiger partial charge in [-0.2, -0.15) is 17.9 Å². The van der Waals surface area contributed by atoms with Crippen LogP contribution in [0.5, 0.6) is 0 Å². The Kier molecular flexibility index (Phi) is 5.26. The van der Waals surface area contributed by atoms with E-state index in [1.54, 1.807) is 5.38 Å². The van der Waals surface area contributed by atoms with Gasteiger partial charge >= 0.3 is 6.18 Å². The molecule has 3 aromatic rings. The highest BCUT2D eigenvalue weighted by Crippen LogP contribution is 2.29. The van der Waals surface area contributed by atoms with Crippen molar-refractivity contribution in [2.75, 3.05) is 5.32 Å². The molecule has 0 atom stereocenters. The average Bonchev–Trinajstić information content (AvgIpc) is 3.13. The molecule has 3 rings (SSSR count). The molecule has 1 amide bonds. The van der Waals surface area contributed by atoms with Gasteiger partial charge in [0.25, 0.3) is 11.5 Å². The Morgan fingerprint density at radius 2 is 2.07 bits per heavy atom. The van der Waals surface area contributed by atoms with Crippen LogP contribution >= 0.6 is 11.3 Å². The summed E-state index contributed by atoms with van der Waals surface area (Å²) in [6.07, 6.45) is -1.70. The monoisotopic (exact) mass is 395 g/mol. The molecule has 2 heterocycles. The number of anilines is 1. The molecule has 1 N–H and O–H groups in total. The smallest absolute Gasteiger partial charge is 0.406 e. The Morgan fingerprint density at radius 3 is 2.78 bits per heavy atom. The minimum Gasteiger partial charge on any atom is -0.406 e. The van der Waals surface area contributed by atoms with Gasteiger partial charge in [0.2, 0.25) is 0 Å². The van der Waals surface area contributed by atoms with Crippen LogP contribution in [0.4, 0.5) is 18.3 Å². The molecule has 0 saturated heterocycles. The van der Waals surface area contributed by atoms with Crippen molar-refractivity contribution in [2.24, 2.45) is 0 Å². The summed E-state index contributed by atoms with van der Waals surface area (Å²) in [5.74, 6) is -0.660. The Bertz CT molecular complexity index is 1000. The number of benzene rings is 1. The Balaban J connectivity index is 1.75. The average molecular weight is 395 g/mol. The van der Waals surface area contributed by atoms with Crippen LogP contribution in [0.15, 0.2) is 59.0 Å². The highest BCUT2D eigenvalue weighted by Gasteiger charge is 2.30. The van der Waals surface area contributed by atoms with Crippen LogP contribution in [0.25, 0.3) is 0 Å². The van der Waals surface area contributed by atoms with E-state index in [0.29, 0.717) is 5.13 Å². The fourth-order valence-electron chi connectivity index (χ4n) is 2.18. The zero-order chi connectivity index (χ0) is 19.4. The SMILES string of the molecule is O=C(Nc1nccs1)c1cccn(OCc2cccc(C(F)(F)F)c2)c1=O. The molecule has 2 aromatic heterocycles. The lowest BCUT2D eigenvalue weighted by Crippen LogP contribution is -2.32. The number of nitrogens with zero attached hydrogens (tertiary/aromatic N) is 2. The molecule has 140 valence electrons. The van der Waals surface area contributed by atoms with Gasteiger partial charge in [-0.1, -0.05) is 12.1 Å². The number of thiazole rings is 1. The van der Waals surface area contributed by atoms with E-state index < -0.39 is 23.2 Å². The first-order chi connectivity index (χ1) is 12.8. The zero-order valence-corrected chi connectivity index (χ0v) is 14.4. The van der Waals surface area contributed by atoms with Crippen molar-refractivity contribution in [1.82, 2.24) is 9.71 Å². The fourth-order valence-corrected chi connectivity index (χ4v) is 2.70. The second-order valence-electron chi connectivity index (χ2n) is 5.32. The summed E-state index contributed by atoms with van der Waals surface area (Å²) in [5.41, 5.74) is -1.50. The first-order valence-corrected chi connectivity index (χ1v) is 8.44. The predicted octanol–water partition coefficient (Wildman–Crippen LogP) is 3.20. The van der Waals surface area contributed by atoms with Gasteiger partial charge in [0, 0.05) is 17.8 Å². The second kappa shape index (κ2) is 7.62. The van der Waals surface area contributed by atoms with Gasteiger partial charge in [-0.15, -0.1) is 11.3 Å². The van der Waals surface area contributed by atoms with E-state index in [1.165, 1.54) is 48.0 Å². The molecule has 6 nitrogen and oxygen atoms in total. The van der Waals surface area contributed by atoms with E-state index in [1.807, 2.05) is 0 Å². The van der Waals surface area contributed by atoms with Crippen molar-refractivity contribution in [2.45, 2.75) is 12.8 Å². The van der Waals surface area contributed by atoms with Gasteiger partial charge in [-0.3, -0.25) is 14.9 Å². The standard InChI is InChI=1S/C17H12F3N3O3S/c18-17(19,20)12-4-1-3-11(9-12)10-26-23-7-2-5-13(15(23)25)14(24)22-16-21-6-8-27-16/h1-9H,10H2,(H,21,22,24). The molecule has 0 spiro atoms.